The van der Waals surface area contributed by atoms with Crippen molar-refractivity contribution in [3.8, 4) is 0 Å². The van der Waals surface area contributed by atoms with Gasteiger partial charge >= 0.3 is 5.69 Å². The molecule has 1 amide bonds. The van der Waals surface area contributed by atoms with E-state index in [1.54, 1.807) is 11.6 Å². The number of fused-ring (bicyclic) bond motifs is 1. The van der Waals surface area contributed by atoms with E-state index < -0.39 is 0 Å². The van der Waals surface area contributed by atoms with Gasteiger partial charge in [-0.3, -0.25) is 14.3 Å². The molecule has 2 aliphatic rings. The van der Waals surface area contributed by atoms with Gasteiger partial charge in [0.2, 0.25) is 0 Å². The van der Waals surface area contributed by atoms with Crippen molar-refractivity contribution in [2.24, 2.45) is 7.05 Å². The fraction of sp³-hybridized carbons (Fsp3) is 0.579. The summed E-state index contributed by atoms with van der Waals surface area (Å²) in [5.74, 6) is 0.0945. The van der Waals surface area contributed by atoms with Crippen LogP contribution in [0.3, 0.4) is 0 Å². The second-order valence-electron chi connectivity index (χ2n) is 7.27. The van der Waals surface area contributed by atoms with E-state index in [0.29, 0.717) is 17.6 Å². The number of carbonyl (C=O) groups is 1. The molecule has 0 saturated carbocycles. The number of H-pyrrole nitrogens is 1. The van der Waals surface area contributed by atoms with Gasteiger partial charge in [0.25, 0.3) is 5.91 Å². The number of hydrogen-bond acceptors (Lipinski definition) is 3. The Morgan fingerprint density at radius 1 is 1.20 bits per heavy atom. The summed E-state index contributed by atoms with van der Waals surface area (Å²) in [7, 11) is 1.73. The van der Waals surface area contributed by atoms with Crippen LogP contribution in [0.2, 0.25) is 0 Å². The van der Waals surface area contributed by atoms with Crippen molar-refractivity contribution in [1.29, 1.82) is 0 Å². The molecule has 1 aromatic heterocycles. The van der Waals surface area contributed by atoms with E-state index in [1.165, 1.54) is 12.8 Å². The number of aromatic nitrogens is 2. The standard InChI is InChI=1S/C19H26N4O2/c1-3-22-10-4-6-16(22)17-7-5-11-23(17)18(24)13-8-9-15-14(12-13)20-19(25)21(15)2/h8-9,12,16-17H,3-7,10-11H2,1-2H3,(H,20,25)/t16-,17-/m1/s1. The molecule has 0 spiro atoms. The first-order valence-corrected chi connectivity index (χ1v) is 9.34. The predicted octanol–water partition coefficient (Wildman–Crippen LogP) is 1.96. The van der Waals surface area contributed by atoms with Crippen molar-refractivity contribution >= 4 is 16.9 Å². The summed E-state index contributed by atoms with van der Waals surface area (Å²) in [4.78, 5) is 32.3. The zero-order chi connectivity index (χ0) is 17.6. The summed E-state index contributed by atoms with van der Waals surface area (Å²) in [6.45, 7) is 5.25. The van der Waals surface area contributed by atoms with E-state index in [2.05, 4.69) is 21.7 Å². The Kier molecular flexibility index (Phi) is 4.15. The Morgan fingerprint density at radius 2 is 1.96 bits per heavy atom. The van der Waals surface area contributed by atoms with E-state index in [-0.39, 0.29) is 11.6 Å². The number of nitrogens with zero attached hydrogens (tertiary/aromatic N) is 3. The molecule has 2 atom stereocenters. The highest BCUT2D eigenvalue weighted by Crippen LogP contribution is 2.31. The number of aromatic amines is 1. The van der Waals surface area contributed by atoms with Gasteiger partial charge in [-0.15, -0.1) is 0 Å². The zero-order valence-electron chi connectivity index (χ0n) is 15.0. The van der Waals surface area contributed by atoms with Crippen molar-refractivity contribution in [3.63, 3.8) is 0 Å². The molecule has 2 saturated heterocycles. The number of likely N-dealkylation sites (tertiary alicyclic amines) is 2. The molecule has 4 rings (SSSR count). The lowest BCUT2D eigenvalue weighted by molar-refractivity contribution is 0.0650. The van der Waals surface area contributed by atoms with Gasteiger partial charge in [0, 0.05) is 31.2 Å². The third-order valence-corrected chi connectivity index (χ3v) is 5.98. The first-order chi connectivity index (χ1) is 12.1. The van der Waals surface area contributed by atoms with E-state index in [4.69, 9.17) is 0 Å². The van der Waals surface area contributed by atoms with Crippen LogP contribution in [0.15, 0.2) is 23.0 Å². The van der Waals surface area contributed by atoms with Gasteiger partial charge in [0.05, 0.1) is 11.0 Å². The van der Waals surface area contributed by atoms with Gasteiger partial charge < -0.3 is 9.88 Å². The molecule has 6 nitrogen and oxygen atoms in total. The average Bonchev–Trinajstić information content (AvgIpc) is 3.33. The summed E-state index contributed by atoms with van der Waals surface area (Å²) in [6, 6.07) is 6.34. The van der Waals surface area contributed by atoms with Gasteiger partial charge in [-0.2, -0.15) is 0 Å². The number of imidazole rings is 1. The first-order valence-electron chi connectivity index (χ1n) is 9.34. The minimum atomic E-state index is -0.150. The topological polar surface area (TPSA) is 61.3 Å². The minimum Gasteiger partial charge on any atom is -0.334 e. The molecule has 2 fully saturated rings. The van der Waals surface area contributed by atoms with Crippen LogP contribution < -0.4 is 5.69 Å². The maximum atomic E-state index is 13.2. The SMILES string of the molecule is CCN1CCC[C@@H]1[C@H]1CCCN1C(=O)c1ccc2c(c1)[nH]c(=O)n2C. The number of amides is 1. The number of aryl methyl sites for hydroxylation is 1. The number of likely N-dealkylation sites (N-methyl/N-ethyl adjacent to an activating group) is 1. The van der Waals surface area contributed by atoms with Crippen molar-refractivity contribution in [3.05, 3.63) is 34.2 Å². The van der Waals surface area contributed by atoms with Crippen LogP contribution in [0.1, 0.15) is 43.0 Å². The summed E-state index contributed by atoms with van der Waals surface area (Å²) >= 11 is 0. The van der Waals surface area contributed by atoms with Crippen LogP contribution in [0, 0.1) is 0 Å². The molecule has 2 aliphatic heterocycles. The second kappa shape index (κ2) is 6.33. The quantitative estimate of drug-likeness (QED) is 0.927. The van der Waals surface area contributed by atoms with Crippen molar-refractivity contribution in [2.45, 2.75) is 44.7 Å². The van der Waals surface area contributed by atoms with Crippen LogP contribution in [0.4, 0.5) is 0 Å². The Bertz CT molecular complexity index is 853. The zero-order valence-corrected chi connectivity index (χ0v) is 15.0. The largest absolute Gasteiger partial charge is 0.334 e. The van der Waals surface area contributed by atoms with Gasteiger partial charge in [0.15, 0.2) is 0 Å². The van der Waals surface area contributed by atoms with E-state index >= 15 is 0 Å². The lowest BCUT2D eigenvalue weighted by Gasteiger charge is -2.34. The molecule has 0 radical (unpaired) electrons. The molecule has 1 aromatic carbocycles. The van der Waals surface area contributed by atoms with Gasteiger partial charge in [-0.25, -0.2) is 4.79 Å². The molecule has 2 aromatic rings. The van der Waals surface area contributed by atoms with Crippen molar-refractivity contribution in [1.82, 2.24) is 19.4 Å². The average molecular weight is 342 g/mol. The molecule has 0 unspecified atom stereocenters. The smallest absolute Gasteiger partial charge is 0.326 e. The third kappa shape index (κ3) is 2.68. The highest BCUT2D eigenvalue weighted by Gasteiger charge is 2.39. The Labute approximate surface area is 147 Å². The molecule has 0 aliphatic carbocycles. The summed E-state index contributed by atoms with van der Waals surface area (Å²) in [5, 5.41) is 0. The summed E-state index contributed by atoms with van der Waals surface area (Å²) in [6.07, 6.45) is 4.59. The number of nitrogens with one attached hydrogen (secondary N) is 1. The van der Waals surface area contributed by atoms with Gasteiger partial charge in [-0.1, -0.05) is 6.92 Å². The molecule has 3 heterocycles. The van der Waals surface area contributed by atoms with E-state index in [0.717, 1.165) is 43.5 Å². The Balaban J connectivity index is 1.62. The maximum absolute atomic E-state index is 13.2. The van der Waals surface area contributed by atoms with Crippen LogP contribution in [0.5, 0.6) is 0 Å². The van der Waals surface area contributed by atoms with Crippen LogP contribution in [-0.2, 0) is 7.05 Å². The molecule has 1 N–H and O–H groups in total. The fourth-order valence-corrected chi connectivity index (χ4v) is 4.66. The monoisotopic (exact) mass is 342 g/mol. The number of benzene rings is 1. The molecule has 0 bridgehead atoms. The fourth-order valence-electron chi connectivity index (χ4n) is 4.66. The molecule has 6 heteroatoms. The van der Waals surface area contributed by atoms with Crippen LogP contribution in [0.25, 0.3) is 11.0 Å². The van der Waals surface area contributed by atoms with E-state index in [1.807, 2.05) is 18.2 Å². The minimum absolute atomic E-state index is 0.0945. The van der Waals surface area contributed by atoms with Crippen LogP contribution in [-0.4, -0.2) is 57.0 Å². The summed E-state index contributed by atoms with van der Waals surface area (Å²) in [5.41, 5.74) is 2.07. The molecular weight excluding hydrogens is 316 g/mol. The lowest BCUT2D eigenvalue weighted by atomic mass is 10.0. The Morgan fingerprint density at radius 3 is 2.76 bits per heavy atom. The highest BCUT2D eigenvalue weighted by atomic mass is 16.2. The van der Waals surface area contributed by atoms with Gasteiger partial charge in [0.1, 0.15) is 0 Å². The van der Waals surface area contributed by atoms with Crippen LogP contribution >= 0.6 is 0 Å². The lowest BCUT2D eigenvalue weighted by Crippen LogP contribution is -2.48. The first kappa shape index (κ1) is 16.4. The Hall–Kier alpha value is -2.08. The highest BCUT2D eigenvalue weighted by molar-refractivity contribution is 5.97. The summed E-state index contributed by atoms with van der Waals surface area (Å²) < 4.78 is 1.57. The maximum Gasteiger partial charge on any atom is 0.326 e. The number of hydrogen-bond donors (Lipinski definition) is 1. The number of rotatable bonds is 3. The third-order valence-electron chi connectivity index (χ3n) is 5.98. The predicted molar refractivity (Wildman–Crippen MR) is 97.9 cm³/mol. The van der Waals surface area contributed by atoms with Crippen molar-refractivity contribution in [2.75, 3.05) is 19.6 Å². The van der Waals surface area contributed by atoms with Gasteiger partial charge in [-0.05, 0) is 57.0 Å². The molecular formula is C19H26N4O2. The van der Waals surface area contributed by atoms with E-state index in [9.17, 15) is 9.59 Å². The number of carbonyl (C=O) groups excluding carboxylic acids is 1. The molecule has 25 heavy (non-hydrogen) atoms. The second-order valence-corrected chi connectivity index (χ2v) is 7.27. The van der Waals surface area contributed by atoms with Crippen molar-refractivity contribution < 1.29 is 4.79 Å². The molecule has 134 valence electrons. The normalized spacial score (nSPS) is 24.5.